The largest absolute Gasteiger partial charge is 0.343 e. The van der Waals surface area contributed by atoms with Gasteiger partial charge in [-0.25, -0.2) is 0 Å². The molecule has 0 spiro atoms. The summed E-state index contributed by atoms with van der Waals surface area (Å²) < 4.78 is 0. The molecular weight excluding hydrogens is 166 g/mol. The SMILES string of the molecule is N#CC(=O)NCCc1ccccn1. The Bertz CT molecular complexity index is 315. The average Bonchev–Trinajstić information content (AvgIpc) is 2.19. The van der Waals surface area contributed by atoms with Crippen molar-refractivity contribution >= 4 is 5.91 Å². The number of nitriles is 1. The lowest BCUT2D eigenvalue weighted by molar-refractivity contribution is -0.115. The van der Waals surface area contributed by atoms with Gasteiger partial charge in [-0.2, -0.15) is 5.26 Å². The minimum absolute atomic E-state index is 0.448. The Hall–Kier alpha value is -1.89. The van der Waals surface area contributed by atoms with Crippen LogP contribution in [-0.2, 0) is 11.2 Å². The van der Waals surface area contributed by atoms with Gasteiger partial charge in [0.1, 0.15) is 0 Å². The Morgan fingerprint density at radius 3 is 3.08 bits per heavy atom. The predicted octanol–water partition coefficient (Wildman–Crippen LogP) is 0.264. The van der Waals surface area contributed by atoms with Gasteiger partial charge in [0.2, 0.25) is 0 Å². The molecule has 0 saturated heterocycles. The molecule has 66 valence electrons. The molecule has 0 bridgehead atoms. The van der Waals surface area contributed by atoms with Crippen molar-refractivity contribution in [1.29, 1.82) is 5.26 Å². The number of pyridine rings is 1. The summed E-state index contributed by atoms with van der Waals surface area (Å²) in [5.41, 5.74) is 0.903. The molecule has 13 heavy (non-hydrogen) atoms. The monoisotopic (exact) mass is 175 g/mol. The highest BCUT2D eigenvalue weighted by molar-refractivity contribution is 5.91. The van der Waals surface area contributed by atoms with Gasteiger partial charge >= 0.3 is 5.91 Å². The summed E-state index contributed by atoms with van der Waals surface area (Å²) in [6.45, 7) is 0.448. The van der Waals surface area contributed by atoms with Crippen LogP contribution in [0.25, 0.3) is 0 Å². The molecule has 0 unspecified atom stereocenters. The number of nitrogens with zero attached hydrogens (tertiary/aromatic N) is 2. The highest BCUT2D eigenvalue weighted by Gasteiger charge is 1.96. The summed E-state index contributed by atoms with van der Waals surface area (Å²) in [6, 6.07) is 7.07. The van der Waals surface area contributed by atoms with Crippen LogP contribution in [-0.4, -0.2) is 17.4 Å². The predicted molar refractivity (Wildman–Crippen MR) is 46.6 cm³/mol. The molecule has 0 aromatic carbocycles. The van der Waals surface area contributed by atoms with Gasteiger partial charge in [0.05, 0.1) is 0 Å². The molecule has 1 amide bonds. The van der Waals surface area contributed by atoms with Crippen LogP contribution in [0.2, 0.25) is 0 Å². The second-order valence-corrected chi connectivity index (χ2v) is 2.44. The highest BCUT2D eigenvalue weighted by atomic mass is 16.1. The molecule has 4 nitrogen and oxygen atoms in total. The van der Waals surface area contributed by atoms with Crippen molar-refractivity contribution < 1.29 is 4.79 Å². The van der Waals surface area contributed by atoms with E-state index in [2.05, 4.69) is 10.3 Å². The standard InChI is InChI=1S/C9H9N3O/c10-7-9(13)12-6-4-8-3-1-2-5-11-8/h1-3,5H,4,6H2,(H,12,13). The minimum Gasteiger partial charge on any atom is -0.343 e. The lowest BCUT2D eigenvalue weighted by Crippen LogP contribution is -2.23. The van der Waals surface area contributed by atoms with Gasteiger partial charge in [0, 0.05) is 24.9 Å². The fourth-order valence-electron chi connectivity index (χ4n) is 0.890. The lowest BCUT2D eigenvalue weighted by Gasteiger charge is -1.99. The van der Waals surface area contributed by atoms with Crippen molar-refractivity contribution in [2.75, 3.05) is 6.54 Å². The van der Waals surface area contributed by atoms with E-state index in [4.69, 9.17) is 5.26 Å². The third-order valence-electron chi connectivity index (χ3n) is 1.49. The molecule has 0 fully saturated rings. The van der Waals surface area contributed by atoms with Crippen LogP contribution >= 0.6 is 0 Å². The molecule has 0 aliphatic rings. The molecule has 1 heterocycles. The number of hydrogen-bond acceptors (Lipinski definition) is 3. The maximum absolute atomic E-state index is 10.5. The van der Waals surface area contributed by atoms with Crippen molar-refractivity contribution in [3.63, 3.8) is 0 Å². The zero-order chi connectivity index (χ0) is 9.52. The van der Waals surface area contributed by atoms with Gasteiger partial charge in [0.15, 0.2) is 6.07 Å². The van der Waals surface area contributed by atoms with Crippen molar-refractivity contribution in [1.82, 2.24) is 10.3 Å². The van der Waals surface area contributed by atoms with Crippen LogP contribution in [0.1, 0.15) is 5.69 Å². The van der Waals surface area contributed by atoms with Gasteiger partial charge in [-0.3, -0.25) is 9.78 Å². The van der Waals surface area contributed by atoms with Gasteiger partial charge in [-0.05, 0) is 12.1 Å². The molecular formula is C9H9N3O. The first kappa shape index (κ1) is 9.20. The number of amides is 1. The molecule has 1 rings (SSSR count). The second-order valence-electron chi connectivity index (χ2n) is 2.44. The molecule has 0 aliphatic carbocycles. The van der Waals surface area contributed by atoms with Gasteiger partial charge in [-0.15, -0.1) is 0 Å². The zero-order valence-corrected chi connectivity index (χ0v) is 7.03. The smallest absolute Gasteiger partial charge is 0.322 e. The first-order valence-corrected chi connectivity index (χ1v) is 3.91. The Morgan fingerprint density at radius 1 is 1.62 bits per heavy atom. The molecule has 0 atom stereocenters. The summed E-state index contributed by atoms with van der Waals surface area (Å²) in [5.74, 6) is -0.601. The number of rotatable bonds is 3. The van der Waals surface area contributed by atoms with Crippen LogP contribution in [0.4, 0.5) is 0 Å². The lowest BCUT2D eigenvalue weighted by atomic mass is 10.3. The minimum atomic E-state index is -0.601. The number of carbonyl (C=O) groups excluding carboxylic acids is 1. The normalized spacial score (nSPS) is 8.85. The topological polar surface area (TPSA) is 65.8 Å². The summed E-state index contributed by atoms with van der Waals surface area (Å²) in [7, 11) is 0. The van der Waals surface area contributed by atoms with Crippen molar-refractivity contribution in [3.05, 3.63) is 30.1 Å². The fourth-order valence-corrected chi connectivity index (χ4v) is 0.890. The van der Waals surface area contributed by atoms with Crippen LogP contribution in [0.15, 0.2) is 24.4 Å². The third-order valence-corrected chi connectivity index (χ3v) is 1.49. The number of nitrogens with one attached hydrogen (secondary N) is 1. The second kappa shape index (κ2) is 4.88. The Morgan fingerprint density at radius 2 is 2.46 bits per heavy atom. The fraction of sp³-hybridized carbons (Fsp3) is 0.222. The maximum Gasteiger partial charge on any atom is 0.322 e. The van der Waals surface area contributed by atoms with E-state index in [0.717, 1.165) is 5.69 Å². The van der Waals surface area contributed by atoms with Crippen LogP contribution < -0.4 is 5.32 Å². The van der Waals surface area contributed by atoms with Gasteiger partial charge in [0.25, 0.3) is 0 Å². The van der Waals surface area contributed by atoms with Crippen molar-refractivity contribution in [3.8, 4) is 6.07 Å². The van der Waals surface area contributed by atoms with Crippen LogP contribution in [0, 0.1) is 11.3 Å². The Balaban J connectivity index is 2.29. The van der Waals surface area contributed by atoms with Crippen LogP contribution in [0.5, 0.6) is 0 Å². The van der Waals surface area contributed by atoms with E-state index in [-0.39, 0.29) is 0 Å². The third kappa shape index (κ3) is 3.34. The number of aromatic nitrogens is 1. The van der Waals surface area contributed by atoms with E-state index >= 15 is 0 Å². The quantitative estimate of drug-likeness (QED) is 0.670. The first-order chi connectivity index (χ1) is 6.33. The average molecular weight is 175 g/mol. The van der Waals surface area contributed by atoms with E-state index in [1.165, 1.54) is 6.07 Å². The molecule has 4 heteroatoms. The van der Waals surface area contributed by atoms with Gasteiger partial charge < -0.3 is 5.32 Å². The Kier molecular flexibility index (Phi) is 3.45. The zero-order valence-electron chi connectivity index (χ0n) is 7.03. The number of hydrogen-bond donors (Lipinski definition) is 1. The van der Waals surface area contributed by atoms with E-state index < -0.39 is 5.91 Å². The summed E-state index contributed by atoms with van der Waals surface area (Å²) in [6.07, 6.45) is 2.34. The van der Waals surface area contributed by atoms with E-state index in [1.54, 1.807) is 6.20 Å². The van der Waals surface area contributed by atoms with Crippen molar-refractivity contribution in [2.45, 2.75) is 6.42 Å². The molecule has 1 aromatic rings. The highest BCUT2D eigenvalue weighted by Crippen LogP contribution is 1.92. The molecule has 1 N–H and O–H groups in total. The number of carbonyl (C=O) groups is 1. The van der Waals surface area contributed by atoms with Crippen LogP contribution in [0.3, 0.4) is 0 Å². The van der Waals surface area contributed by atoms with E-state index in [1.807, 2.05) is 18.2 Å². The molecule has 1 aromatic heterocycles. The maximum atomic E-state index is 10.5. The van der Waals surface area contributed by atoms with Crippen molar-refractivity contribution in [2.24, 2.45) is 0 Å². The summed E-state index contributed by atoms with van der Waals surface area (Å²) in [5, 5.41) is 10.6. The molecule has 0 saturated carbocycles. The molecule has 0 radical (unpaired) electrons. The summed E-state index contributed by atoms with van der Waals surface area (Å²) >= 11 is 0. The first-order valence-electron chi connectivity index (χ1n) is 3.91. The Labute approximate surface area is 76.2 Å². The van der Waals surface area contributed by atoms with Gasteiger partial charge in [-0.1, -0.05) is 6.07 Å². The van der Waals surface area contributed by atoms with E-state index in [9.17, 15) is 4.79 Å². The summed E-state index contributed by atoms with van der Waals surface area (Å²) in [4.78, 5) is 14.6. The van der Waals surface area contributed by atoms with E-state index in [0.29, 0.717) is 13.0 Å². The molecule has 0 aliphatic heterocycles.